The second kappa shape index (κ2) is 6.19. The molecule has 0 radical (unpaired) electrons. The first-order valence-corrected chi connectivity index (χ1v) is 6.65. The first kappa shape index (κ1) is 14.1. The highest BCUT2D eigenvalue weighted by atomic mass is 32.2. The van der Waals surface area contributed by atoms with E-state index in [1.807, 2.05) is 6.92 Å². The lowest BCUT2D eigenvalue weighted by molar-refractivity contribution is -0.759. The van der Waals surface area contributed by atoms with Gasteiger partial charge in [-0.25, -0.2) is 0 Å². The van der Waals surface area contributed by atoms with Gasteiger partial charge >= 0.3 is 5.88 Å². The fourth-order valence-corrected chi connectivity index (χ4v) is 1.95. The molecule has 2 aromatic heterocycles. The number of rotatable bonds is 5. The van der Waals surface area contributed by atoms with Gasteiger partial charge in [-0.1, -0.05) is 16.4 Å². The van der Waals surface area contributed by atoms with Crippen molar-refractivity contribution in [3.63, 3.8) is 0 Å². The summed E-state index contributed by atoms with van der Waals surface area (Å²) >= 11 is 0.981. The Kier molecular flexibility index (Phi) is 4.35. The van der Waals surface area contributed by atoms with Gasteiger partial charge in [-0.3, -0.25) is 19.4 Å². The van der Waals surface area contributed by atoms with Gasteiger partial charge in [0.1, 0.15) is 0 Å². The Morgan fingerprint density at radius 2 is 2.45 bits per heavy atom. The van der Waals surface area contributed by atoms with E-state index in [1.165, 1.54) is 4.68 Å². The molecular weight excluding hydrogens is 286 g/mol. The van der Waals surface area contributed by atoms with Crippen molar-refractivity contribution < 1.29 is 19.1 Å². The number of aromatic hydroxyl groups is 1. The zero-order valence-electron chi connectivity index (χ0n) is 10.5. The van der Waals surface area contributed by atoms with Gasteiger partial charge in [0, 0.05) is 0 Å². The average molecular weight is 298 g/mol. The third-order valence-electron chi connectivity index (χ3n) is 2.14. The first-order chi connectivity index (χ1) is 9.56. The standard InChI is InChI=1S/C10H11N5O4S/c1-2-15-4-9(19-14-15)11-8(18)5-20-10-12-6(16)3-7(17)13-10/h3-4H,2,5H2,1H3,(H2-,11,12,13,14,16,17,18)/p+1. The van der Waals surface area contributed by atoms with Gasteiger partial charge in [-0.05, 0) is 6.92 Å². The number of aromatic nitrogens is 4. The minimum absolute atomic E-state index is 0.000775. The maximum Gasteiger partial charge on any atom is 0.302 e. The van der Waals surface area contributed by atoms with E-state index in [4.69, 9.17) is 9.63 Å². The smallest absolute Gasteiger partial charge is 0.302 e. The Bertz CT molecular complexity index is 668. The molecule has 2 rings (SSSR count). The van der Waals surface area contributed by atoms with Crippen molar-refractivity contribution in [3.05, 3.63) is 22.6 Å². The van der Waals surface area contributed by atoms with Crippen molar-refractivity contribution in [2.75, 3.05) is 11.1 Å². The Hall–Kier alpha value is -2.36. The molecule has 9 nitrogen and oxygen atoms in total. The lowest BCUT2D eigenvalue weighted by atomic mass is 10.6. The van der Waals surface area contributed by atoms with Gasteiger partial charge < -0.3 is 10.1 Å². The SMILES string of the molecule is CC[n+]1cc(NC(=O)CSc2nc(O)cc(=O)[nH]2)on1. The normalized spacial score (nSPS) is 10.4. The summed E-state index contributed by atoms with van der Waals surface area (Å²) in [7, 11) is 0. The molecule has 0 unspecified atom stereocenters. The predicted molar refractivity (Wildman–Crippen MR) is 68.2 cm³/mol. The minimum Gasteiger partial charge on any atom is -0.493 e. The highest BCUT2D eigenvalue weighted by Gasteiger charge is 2.13. The fraction of sp³-hybridized carbons (Fsp3) is 0.300. The molecule has 3 N–H and O–H groups in total. The molecule has 0 spiro atoms. The van der Waals surface area contributed by atoms with E-state index in [2.05, 4.69) is 20.6 Å². The third kappa shape index (κ3) is 3.82. The van der Waals surface area contributed by atoms with Gasteiger partial charge in [0.25, 0.3) is 11.8 Å². The molecule has 0 fully saturated rings. The summed E-state index contributed by atoms with van der Waals surface area (Å²) in [6.07, 6.45) is 1.55. The molecule has 2 aromatic rings. The molecular formula is C10H12N5O4S+. The van der Waals surface area contributed by atoms with Crippen molar-refractivity contribution in [3.8, 4) is 5.88 Å². The maximum absolute atomic E-state index is 11.6. The molecule has 0 aliphatic rings. The van der Waals surface area contributed by atoms with Crippen molar-refractivity contribution in [1.29, 1.82) is 0 Å². The fourth-order valence-electron chi connectivity index (χ4n) is 1.28. The molecule has 106 valence electrons. The monoisotopic (exact) mass is 298 g/mol. The maximum atomic E-state index is 11.6. The van der Waals surface area contributed by atoms with E-state index < -0.39 is 11.4 Å². The van der Waals surface area contributed by atoms with Crippen LogP contribution in [0.2, 0.25) is 0 Å². The molecule has 0 aliphatic heterocycles. The van der Waals surface area contributed by atoms with E-state index in [9.17, 15) is 9.59 Å². The highest BCUT2D eigenvalue weighted by Crippen LogP contribution is 2.13. The number of thioether (sulfide) groups is 1. The van der Waals surface area contributed by atoms with Crippen LogP contribution < -0.4 is 15.6 Å². The minimum atomic E-state index is -0.486. The van der Waals surface area contributed by atoms with Crippen LogP contribution in [0.15, 0.2) is 26.7 Å². The van der Waals surface area contributed by atoms with Crippen LogP contribution in [0.1, 0.15) is 6.92 Å². The number of nitrogens with one attached hydrogen (secondary N) is 2. The van der Waals surface area contributed by atoms with Crippen LogP contribution >= 0.6 is 11.8 Å². The predicted octanol–water partition coefficient (Wildman–Crippen LogP) is -0.498. The Morgan fingerprint density at radius 1 is 1.65 bits per heavy atom. The molecule has 0 bridgehead atoms. The highest BCUT2D eigenvalue weighted by molar-refractivity contribution is 7.99. The number of nitrogens with zero attached hydrogens (tertiary/aromatic N) is 3. The number of hydrogen-bond donors (Lipinski definition) is 3. The van der Waals surface area contributed by atoms with Crippen LogP contribution in [0.3, 0.4) is 0 Å². The van der Waals surface area contributed by atoms with Crippen molar-refractivity contribution in [2.24, 2.45) is 0 Å². The van der Waals surface area contributed by atoms with Crippen molar-refractivity contribution in [2.45, 2.75) is 18.6 Å². The van der Waals surface area contributed by atoms with Crippen molar-refractivity contribution in [1.82, 2.24) is 15.2 Å². The molecule has 10 heteroatoms. The van der Waals surface area contributed by atoms with Crippen LogP contribution in [-0.2, 0) is 11.3 Å². The number of amides is 1. The van der Waals surface area contributed by atoms with Gasteiger partial charge in [0.2, 0.25) is 17.1 Å². The molecule has 0 atom stereocenters. The lowest BCUT2D eigenvalue weighted by Gasteiger charge is -2.00. The summed E-state index contributed by atoms with van der Waals surface area (Å²) in [5.41, 5.74) is -0.486. The van der Waals surface area contributed by atoms with Crippen LogP contribution in [0, 0.1) is 0 Å². The third-order valence-corrected chi connectivity index (χ3v) is 3.02. The summed E-state index contributed by atoms with van der Waals surface area (Å²) in [5.74, 6) is -0.509. The van der Waals surface area contributed by atoms with Gasteiger partial charge in [-0.15, -0.1) is 0 Å². The van der Waals surface area contributed by atoms with Gasteiger partial charge in [-0.2, -0.15) is 4.98 Å². The molecule has 0 aromatic carbocycles. The molecule has 1 amide bonds. The van der Waals surface area contributed by atoms with E-state index in [0.29, 0.717) is 6.54 Å². The summed E-state index contributed by atoms with van der Waals surface area (Å²) < 4.78 is 6.40. The number of carbonyl (C=O) groups excluding carboxylic acids is 1. The average Bonchev–Trinajstić information content (AvgIpc) is 2.83. The van der Waals surface area contributed by atoms with E-state index in [1.54, 1.807) is 6.20 Å². The lowest BCUT2D eigenvalue weighted by Crippen LogP contribution is -2.32. The molecule has 0 saturated carbocycles. The largest absolute Gasteiger partial charge is 0.493 e. The molecule has 20 heavy (non-hydrogen) atoms. The number of carbonyl (C=O) groups is 1. The zero-order valence-corrected chi connectivity index (χ0v) is 11.3. The van der Waals surface area contributed by atoms with Crippen LogP contribution in [-0.4, -0.2) is 32.0 Å². The zero-order chi connectivity index (χ0) is 14.5. The molecule has 2 heterocycles. The van der Waals surface area contributed by atoms with E-state index >= 15 is 0 Å². The number of H-pyrrole nitrogens is 1. The Morgan fingerprint density at radius 3 is 3.10 bits per heavy atom. The van der Waals surface area contributed by atoms with Crippen molar-refractivity contribution >= 4 is 23.6 Å². The number of hydrogen-bond acceptors (Lipinski definition) is 7. The second-order valence-electron chi connectivity index (χ2n) is 3.67. The van der Waals surface area contributed by atoms with E-state index in [-0.39, 0.29) is 22.7 Å². The summed E-state index contributed by atoms with van der Waals surface area (Å²) in [5, 5.41) is 15.5. The van der Waals surface area contributed by atoms with E-state index in [0.717, 1.165) is 17.8 Å². The second-order valence-corrected chi connectivity index (χ2v) is 4.63. The first-order valence-electron chi connectivity index (χ1n) is 5.66. The Balaban J connectivity index is 1.90. The summed E-state index contributed by atoms with van der Waals surface area (Å²) in [6, 6.07) is 0.947. The van der Waals surface area contributed by atoms with Crippen LogP contribution in [0.5, 0.6) is 5.88 Å². The van der Waals surface area contributed by atoms with Gasteiger partial charge in [0.05, 0.1) is 11.8 Å². The Labute approximate surface area is 117 Å². The van der Waals surface area contributed by atoms with Crippen LogP contribution in [0.4, 0.5) is 5.88 Å². The molecule has 0 aliphatic carbocycles. The molecule has 0 saturated heterocycles. The van der Waals surface area contributed by atoms with Gasteiger partial charge in [0.15, 0.2) is 11.7 Å². The number of anilines is 1. The quantitative estimate of drug-likeness (QED) is 0.386. The number of aromatic amines is 1. The summed E-state index contributed by atoms with van der Waals surface area (Å²) in [4.78, 5) is 28.8. The summed E-state index contributed by atoms with van der Waals surface area (Å²) in [6.45, 7) is 2.51. The topological polar surface area (TPSA) is 125 Å². The number of aryl methyl sites for hydroxylation is 1. The van der Waals surface area contributed by atoms with Crippen LogP contribution in [0.25, 0.3) is 0 Å².